The molecular formula is C15H20BrN3O. The average Bonchev–Trinajstić information content (AvgIpc) is 2.92. The average molecular weight is 338 g/mol. The maximum atomic E-state index is 5.32. The number of nitrogens with zero attached hydrogens (tertiary/aromatic N) is 2. The first kappa shape index (κ1) is 15.2. The Morgan fingerprint density at radius 3 is 2.90 bits per heavy atom. The minimum absolute atomic E-state index is 0.466. The minimum atomic E-state index is 0.466. The number of rotatable bonds is 7. The van der Waals surface area contributed by atoms with Crippen molar-refractivity contribution in [3.8, 4) is 11.4 Å². The summed E-state index contributed by atoms with van der Waals surface area (Å²) in [6, 6.07) is 8.35. The summed E-state index contributed by atoms with van der Waals surface area (Å²) in [6.45, 7) is 5.40. The molecule has 0 fully saturated rings. The van der Waals surface area contributed by atoms with Crippen LogP contribution >= 0.6 is 15.9 Å². The predicted octanol–water partition coefficient (Wildman–Crippen LogP) is 3.82. The van der Waals surface area contributed by atoms with E-state index in [1.165, 1.54) is 0 Å². The smallest absolute Gasteiger partial charge is 0.227 e. The van der Waals surface area contributed by atoms with Gasteiger partial charge in [-0.05, 0) is 38.4 Å². The van der Waals surface area contributed by atoms with Crippen molar-refractivity contribution in [2.75, 3.05) is 6.54 Å². The fourth-order valence-corrected chi connectivity index (χ4v) is 2.40. The van der Waals surface area contributed by atoms with Crippen molar-refractivity contribution in [2.24, 2.45) is 0 Å². The number of aromatic nitrogens is 2. The highest BCUT2D eigenvalue weighted by atomic mass is 79.9. The molecule has 4 nitrogen and oxygen atoms in total. The first-order valence-electron chi connectivity index (χ1n) is 7.01. The Morgan fingerprint density at radius 2 is 2.15 bits per heavy atom. The first-order chi connectivity index (χ1) is 9.70. The maximum Gasteiger partial charge on any atom is 0.227 e. The third-order valence-electron chi connectivity index (χ3n) is 3.12. The molecule has 2 rings (SSSR count). The second-order valence-electron chi connectivity index (χ2n) is 4.89. The van der Waals surface area contributed by atoms with Crippen LogP contribution in [-0.2, 0) is 6.42 Å². The van der Waals surface area contributed by atoms with E-state index in [1.54, 1.807) is 0 Å². The molecule has 0 radical (unpaired) electrons. The number of aryl methyl sites for hydroxylation is 1. The van der Waals surface area contributed by atoms with E-state index in [-0.39, 0.29) is 0 Å². The zero-order chi connectivity index (χ0) is 14.4. The molecule has 0 bridgehead atoms. The Balaban J connectivity index is 1.94. The molecule has 1 unspecified atom stereocenters. The van der Waals surface area contributed by atoms with Crippen LogP contribution in [0.5, 0.6) is 0 Å². The van der Waals surface area contributed by atoms with Crippen LogP contribution in [-0.4, -0.2) is 22.7 Å². The molecule has 0 aliphatic rings. The number of hydrogen-bond acceptors (Lipinski definition) is 4. The van der Waals surface area contributed by atoms with Gasteiger partial charge in [0.05, 0.1) is 0 Å². The monoisotopic (exact) mass is 337 g/mol. The molecule has 0 saturated carbocycles. The van der Waals surface area contributed by atoms with Gasteiger partial charge in [0.15, 0.2) is 0 Å². The van der Waals surface area contributed by atoms with E-state index in [1.807, 2.05) is 24.3 Å². The van der Waals surface area contributed by atoms with Crippen LogP contribution in [0.4, 0.5) is 0 Å². The zero-order valence-electron chi connectivity index (χ0n) is 11.9. The van der Waals surface area contributed by atoms with E-state index >= 15 is 0 Å². The van der Waals surface area contributed by atoms with Crippen LogP contribution in [0.15, 0.2) is 33.3 Å². The van der Waals surface area contributed by atoms with Crippen LogP contribution in [0.3, 0.4) is 0 Å². The molecule has 20 heavy (non-hydrogen) atoms. The Kier molecular flexibility index (Phi) is 5.73. The molecule has 2 aromatic rings. The fraction of sp³-hybridized carbons (Fsp3) is 0.467. The summed E-state index contributed by atoms with van der Waals surface area (Å²) in [7, 11) is 0. The van der Waals surface area contributed by atoms with Crippen LogP contribution in [0.2, 0.25) is 0 Å². The molecule has 0 amide bonds. The van der Waals surface area contributed by atoms with Gasteiger partial charge in [-0.25, -0.2) is 0 Å². The summed E-state index contributed by atoms with van der Waals surface area (Å²) in [5, 5.41) is 7.50. The van der Waals surface area contributed by atoms with E-state index in [0.29, 0.717) is 17.8 Å². The topological polar surface area (TPSA) is 51.0 Å². The van der Waals surface area contributed by atoms with Crippen LogP contribution in [0.1, 0.15) is 32.6 Å². The first-order valence-corrected chi connectivity index (χ1v) is 7.81. The molecule has 1 atom stereocenters. The molecule has 0 spiro atoms. The van der Waals surface area contributed by atoms with Crippen LogP contribution in [0, 0.1) is 0 Å². The number of benzene rings is 1. The van der Waals surface area contributed by atoms with Gasteiger partial charge in [0.1, 0.15) is 0 Å². The van der Waals surface area contributed by atoms with Gasteiger partial charge >= 0.3 is 0 Å². The van der Waals surface area contributed by atoms with Gasteiger partial charge in [0.2, 0.25) is 11.7 Å². The van der Waals surface area contributed by atoms with Crippen molar-refractivity contribution >= 4 is 15.9 Å². The summed E-state index contributed by atoms with van der Waals surface area (Å²) in [4.78, 5) is 4.46. The summed E-state index contributed by atoms with van der Waals surface area (Å²) < 4.78 is 6.30. The van der Waals surface area contributed by atoms with Crippen molar-refractivity contribution < 1.29 is 4.52 Å². The lowest BCUT2D eigenvalue weighted by Crippen LogP contribution is -2.27. The molecule has 108 valence electrons. The molecule has 0 aliphatic carbocycles. The summed E-state index contributed by atoms with van der Waals surface area (Å²) in [6.07, 6.45) is 2.95. The normalized spacial score (nSPS) is 12.6. The minimum Gasteiger partial charge on any atom is -0.339 e. The van der Waals surface area contributed by atoms with E-state index in [2.05, 4.69) is 45.2 Å². The van der Waals surface area contributed by atoms with Gasteiger partial charge in [-0.3, -0.25) is 0 Å². The third kappa shape index (κ3) is 4.15. The molecule has 0 aliphatic heterocycles. The molecule has 5 heteroatoms. The zero-order valence-corrected chi connectivity index (χ0v) is 13.5. The van der Waals surface area contributed by atoms with Gasteiger partial charge in [-0.2, -0.15) is 4.98 Å². The van der Waals surface area contributed by atoms with Crippen molar-refractivity contribution in [2.45, 2.75) is 39.2 Å². The lowest BCUT2D eigenvalue weighted by Gasteiger charge is -2.10. The van der Waals surface area contributed by atoms with E-state index in [4.69, 9.17) is 4.52 Å². The largest absolute Gasteiger partial charge is 0.339 e. The van der Waals surface area contributed by atoms with E-state index < -0.39 is 0 Å². The maximum absolute atomic E-state index is 5.32. The summed E-state index contributed by atoms with van der Waals surface area (Å²) in [5.41, 5.74) is 0.958. The van der Waals surface area contributed by atoms with Gasteiger partial charge < -0.3 is 9.84 Å². The summed E-state index contributed by atoms with van der Waals surface area (Å²) >= 11 is 3.50. The van der Waals surface area contributed by atoms with Crippen molar-refractivity contribution in [3.63, 3.8) is 0 Å². The Morgan fingerprint density at radius 1 is 1.35 bits per heavy atom. The molecule has 0 saturated heterocycles. The Bertz CT molecular complexity index is 541. The van der Waals surface area contributed by atoms with Crippen LogP contribution in [0.25, 0.3) is 11.4 Å². The molecular weight excluding hydrogens is 318 g/mol. The Labute approximate surface area is 128 Å². The molecule has 1 N–H and O–H groups in total. The van der Waals surface area contributed by atoms with E-state index in [9.17, 15) is 0 Å². The highest BCUT2D eigenvalue weighted by Crippen LogP contribution is 2.25. The predicted molar refractivity (Wildman–Crippen MR) is 83.5 cm³/mol. The van der Waals surface area contributed by atoms with Gasteiger partial charge in [-0.15, -0.1) is 0 Å². The quantitative estimate of drug-likeness (QED) is 0.834. The fourth-order valence-electron chi connectivity index (χ4n) is 1.94. The molecule has 1 heterocycles. The van der Waals surface area contributed by atoms with Gasteiger partial charge in [-0.1, -0.05) is 40.1 Å². The number of halogens is 1. The molecule has 1 aromatic heterocycles. The second kappa shape index (κ2) is 7.55. The van der Waals surface area contributed by atoms with Crippen molar-refractivity contribution in [1.29, 1.82) is 0 Å². The lowest BCUT2D eigenvalue weighted by molar-refractivity contribution is 0.367. The molecule has 1 aromatic carbocycles. The van der Waals surface area contributed by atoms with Gasteiger partial charge in [0.25, 0.3) is 0 Å². The third-order valence-corrected chi connectivity index (χ3v) is 3.81. The van der Waals surface area contributed by atoms with Crippen LogP contribution < -0.4 is 5.32 Å². The standard InChI is InChI=1S/C15H20BrN3O/c1-3-10-17-11(2)8-9-14-18-15(19-20-14)12-6-4-5-7-13(12)16/h4-7,11,17H,3,8-10H2,1-2H3. The van der Waals surface area contributed by atoms with E-state index in [0.717, 1.165) is 35.8 Å². The van der Waals surface area contributed by atoms with Gasteiger partial charge in [0, 0.05) is 22.5 Å². The van der Waals surface area contributed by atoms with Crippen molar-refractivity contribution in [1.82, 2.24) is 15.5 Å². The second-order valence-corrected chi connectivity index (χ2v) is 5.74. The highest BCUT2D eigenvalue weighted by molar-refractivity contribution is 9.10. The SMILES string of the molecule is CCCNC(C)CCc1nc(-c2ccccc2Br)no1. The van der Waals surface area contributed by atoms with Crippen molar-refractivity contribution in [3.05, 3.63) is 34.6 Å². The Hall–Kier alpha value is -1.20. The lowest BCUT2D eigenvalue weighted by atomic mass is 10.2. The highest BCUT2D eigenvalue weighted by Gasteiger charge is 2.12. The number of nitrogens with one attached hydrogen (secondary N) is 1. The summed E-state index contributed by atoms with van der Waals surface area (Å²) in [5.74, 6) is 1.34. The number of hydrogen-bond donors (Lipinski definition) is 1.